The molecule has 1 amide bonds. The SMILES string of the molecule is CS(=O)(=O)c1cc(Cl)ccc1C(=O)N1CCC2(CC1)Oc1cc(Cl)ccc1-n1cccc12. The fourth-order valence-electron chi connectivity index (χ4n) is 4.57. The van der Waals surface area contributed by atoms with Crippen LogP contribution in [0.1, 0.15) is 28.9 Å². The molecule has 0 bridgehead atoms. The molecule has 0 N–H and O–H groups in total. The van der Waals surface area contributed by atoms with Gasteiger partial charge in [-0.1, -0.05) is 23.2 Å². The van der Waals surface area contributed by atoms with E-state index in [4.69, 9.17) is 27.9 Å². The molecule has 2 aliphatic rings. The number of carbonyl (C=O) groups is 1. The molecule has 2 aromatic carbocycles. The van der Waals surface area contributed by atoms with E-state index in [2.05, 4.69) is 4.57 Å². The molecule has 1 spiro atoms. The predicted octanol–water partition coefficient (Wildman–Crippen LogP) is 4.71. The van der Waals surface area contributed by atoms with Gasteiger partial charge in [-0.25, -0.2) is 8.42 Å². The predicted molar refractivity (Wildman–Crippen MR) is 123 cm³/mol. The third-order valence-electron chi connectivity index (χ3n) is 6.13. The number of piperidine rings is 1. The van der Waals surface area contributed by atoms with E-state index in [1.807, 2.05) is 36.5 Å². The molecule has 0 aliphatic carbocycles. The van der Waals surface area contributed by atoms with Crippen molar-refractivity contribution in [3.8, 4) is 11.4 Å². The number of halogens is 2. The highest BCUT2D eigenvalue weighted by atomic mass is 35.5. The van der Waals surface area contributed by atoms with Gasteiger partial charge in [0.25, 0.3) is 5.91 Å². The fourth-order valence-corrected chi connectivity index (χ4v) is 5.87. The lowest BCUT2D eigenvalue weighted by molar-refractivity contribution is -0.00939. The lowest BCUT2D eigenvalue weighted by Crippen LogP contribution is -2.50. The van der Waals surface area contributed by atoms with Gasteiger partial charge in [-0.2, -0.15) is 0 Å². The average Bonchev–Trinajstić information content (AvgIpc) is 3.24. The quantitative estimate of drug-likeness (QED) is 0.521. The number of hydrogen-bond donors (Lipinski definition) is 0. The van der Waals surface area contributed by atoms with Crippen LogP contribution in [0.5, 0.6) is 5.75 Å². The average molecular weight is 491 g/mol. The summed E-state index contributed by atoms with van der Waals surface area (Å²) in [5.74, 6) is 0.379. The van der Waals surface area contributed by atoms with Gasteiger partial charge < -0.3 is 14.2 Å². The molecule has 1 saturated heterocycles. The van der Waals surface area contributed by atoms with Crippen molar-refractivity contribution in [3.63, 3.8) is 0 Å². The molecule has 166 valence electrons. The minimum absolute atomic E-state index is 0.0540. The van der Waals surface area contributed by atoms with Crippen molar-refractivity contribution < 1.29 is 17.9 Å². The van der Waals surface area contributed by atoms with Crippen molar-refractivity contribution in [1.82, 2.24) is 9.47 Å². The van der Waals surface area contributed by atoms with E-state index in [0.717, 1.165) is 17.6 Å². The van der Waals surface area contributed by atoms with Gasteiger partial charge in [-0.05, 0) is 42.5 Å². The second-order valence-corrected chi connectivity index (χ2v) is 11.0. The minimum Gasteiger partial charge on any atom is -0.479 e. The van der Waals surface area contributed by atoms with E-state index >= 15 is 0 Å². The van der Waals surface area contributed by atoms with Gasteiger partial charge in [0.15, 0.2) is 15.4 Å². The Morgan fingerprint density at radius 1 is 1.03 bits per heavy atom. The number of aromatic nitrogens is 1. The van der Waals surface area contributed by atoms with Gasteiger partial charge in [0.1, 0.15) is 5.75 Å². The molecular weight excluding hydrogens is 471 g/mol. The van der Waals surface area contributed by atoms with Crippen LogP contribution in [-0.4, -0.2) is 43.1 Å². The molecule has 32 heavy (non-hydrogen) atoms. The van der Waals surface area contributed by atoms with Crippen molar-refractivity contribution in [2.75, 3.05) is 19.3 Å². The topological polar surface area (TPSA) is 68.6 Å². The van der Waals surface area contributed by atoms with Gasteiger partial charge in [-0.15, -0.1) is 0 Å². The van der Waals surface area contributed by atoms with E-state index < -0.39 is 15.4 Å². The summed E-state index contributed by atoms with van der Waals surface area (Å²) >= 11 is 12.2. The van der Waals surface area contributed by atoms with Crippen LogP contribution >= 0.6 is 23.2 Å². The molecule has 0 radical (unpaired) electrons. The van der Waals surface area contributed by atoms with Crippen molar-refractivity contribution in [2.45, 2.75) is 23.3 Å². The Bertz CT molecular complexity index is 1340. The van der Waals surface area contributed by atoms with E-state index in [1.165, 1.54) is 18.2 Å². The van der Waals surface area contributed by atoms with E-state index in [0.29, 0.717) is 36.7 Å². The minimum atomic E-state index is -3.61. The van der Waals surface area contributed by atoms with Gasteiger partial charge >= 0.3 is 0 Å². The number of rotatable bonds is 2. The Balaban J connectivity index is 1.44. The maximum Gasteiger partial charge on any atom is 0.255 e. The third-order valence-corrected chi connectivity index (χ3v) is 7.74. The zero-order valence-electron chi connectivity index (χ0n) is 17.2. The molecule has 3 heterocycles. The number of benzene rings is 2. The van der Waals surface area contributed by atoms with Crippen molar-refractivity contribution >= 4 is 38.9 Å². The molecule has 3 aromatic rings. The lowest BCUT2D eigenvalue weighted by Gasteiger charge is -2.45. The summed E-state index contributed by atoms with van der Waals surface area (Å²) in [5.41, 5.74) is 1.51. The second kappa shape index (κ2) is 7.54. The van der Waals surface area contributed by atoms with Crippen molar-refractivity contribution in [2.24, 2.45) is 0 Å². The summed E-state index contributed by atoms with van der Waals surface area (Å²) in [6.07, 6.45) is 4.20. The summed E-state index contributed by atoms with van der Waals surface area (Å²) < 4.78 is 33.1. The number of likely N-dealkylation sites (tertiary alicyclic amines) is 1. The second-order valence-electron chi connectivity index (χ2n) is 8.18. The fraction of sp³-hybridized carbons (Fsp3) is 0.261. The molecule has 6 nitrogen and oxygen atoms in total. The highest BCUT2D eigenvalue weighted by molar-refractivity contribution is 7.90. The van der Waals surface area contributed by atoms with E-state index in [1.54, 1.807) is 4.90 Å². The van der Waals surface area contributed by atoms with Gasteiger partial charge in [-0.3, -0.25) is 4.79 Å². The Hall–Kier alpha value is -2.48. The number of nitrogens with zero attached hydrogens (tertiary/aromatic N) is 2. The Kier molecular flexibility index (Phi) is 5.04. The van der Waals surface area contributed by atoms with Crippen LogP contribution in [0, 0.1) is 0 Å². The zero-order chi connectivity index (χ0) is 22.7. The Morgan fingerprint density at radius 3 is 2.44 bits per heavy atom. The van der Waals surface area contributed by atoms with E-state index in [-0.39, 0.29) is 21.4 Å². The number of fused-ring (bicyclic) bond motifs is 4. The van der Waals surface area contributed by atoms with Gasteiger partial charge in [0, 0.05) is 54.5 Å². The zero-order valence-corrected chi connectivity index (χ0v) is 19.5. The van der Waals surface area contributed by atoms with Gasteiger partial charge in [0.2, 0.25) is 0 Å². The molecule has 0 unspecified atom stereocenters. The first-order valence-corrected chi connectivity index (χ1v) is 12.8. The van der Waals surface area contributed by atoms with Crippen LogP contribution in [0.15, 0.2) is 59.6 Å². The summed E-state index contributed by atoms with van der Waals surface area (Å²) in [6.45, 7) is 0.845. The molecule has 5 rings (SSSR count). The Labute approximate surface area is 196 Å². The molecule has 9 heteroatoms. The van der Waals surface area contributed by atoms with Crippen molar-refractivity contribution in [3.05, 3.63) is 76.0 Å². The highest BCUT2D eigenvalue weighted by Gasteiger charge is 2.45. The van der Waals surface area contributed by atoms with Gasteiger partial charge in [0.05, 0.1) is 21.8 Å². The summed E-state index contributed by atoms with van der Waals surface area (Å²) in [4.78, 5) is 14.9. The summed E-state index contributed by atoms with van der Waals surface area (Å²) in [6, 6.07) is 13.9. The maximum absolute atomic E-state index is 13.2. The number of sulfone groups is 1. The third kappa shape index (κ3) is 3.49. The maximum atomic E-state index is 13.2. The first-order valence-electron chi connectivity index (χ1n) is 10.1. The molecule has 2 aliphatic heterocycles. The summed E-state index contributed by atoms with van der Waals surface area (Å²) in [7, 11) is -3.61. The summed E-state index contributed by atoms with van der Waals surface area (Å²) in [5, 5.41) is 0.867. The first-order chi connectivity index (χ1) is 15.2. The molecule has 1 fully saturated rings. The molecule has 0 saturated carbocycles. The number of hydrogen-bond acceptors (Lipinski definition) is 4. The normalized spacial score (nSPS) is 16.9. The van der Waals surface area contributed by atoms with Crippen LogP contribution in [0.4, 0.5) is 0 Å². The van der Waals surface area contributed by atoms with Crippen molar-refractivity contribution in [1.29, 1.82) is 0 Å². The smallest absolute Gasteiger partial charge is 0.255 e. The van der Waals surface area contributed by atoms with Crippen LogP contribution < -0.4 is 4.74 Å². The number of carbonyl (C=O) groups excluding carboxylic acids is 1. The number of amides is 1. The standard InChI is InChI=1S/C23H20Cl2N2O4S/c1-32(29,30)20-14-16(25)4-6-17(20)22(28)26-11-8-23(9-12-26)21-3-2-10-27(21)18-7-5-15(24)13-19(18)31-23/h2-7,10,13-14H,8-9,11-12H2,1H3. The monoisotopic (exact) mass is 490 g/mol. The van der Waals surface area contributed by atoms with Crippen LogP contribution in [0.3, 0.4) is 0 Å². The number of ether oxygens (including phenoxy) is 1. The van der Waals surface area contributed by atoms with Crippen LogP contribution in [-0.2, 0) is 15.4 Å². The lowest BCUT2D eigenvalue weighted by atomic mass is 9.86. The highest BCUT2D eigenvalue weighted by Crippen LogP contribution is 2.46. The van der Waals surface area contributed by atoms with E-state index in [9.17, 15) is 13.2 Å². The molecular formula is C23H20Cl2N2O4S. The largest absolute Gasteiger partial charge is 0.479 e. The first kappa shape index (κ1) is 21.4. The molecule has 1 aromatic heterocycles. The Morgan fingerprint density at radius 2 is 1.72 bits per heavy atom. The molecule has 0 atom stereocenters. The van der Waals surface area contributed by atoms with Crippen LogP contribution in [0.2, 0.25) is 10.0 Å². The van der Waals surface area contributed by atoms with Crippen LogP contribution in [0.25, 0.3) is 5.69 Å².